The van der Waals surface area contributed by atoms with Crippen molar-refractivity contribution < 1.29 is 318 Å². The Bertz CT molecular complexity index is 1920. The second-order valence-electron chi connectivity index (χ2n) is 7.38. The summed E-state index contributed by atoms with van der Waals surface area (Å²) >= 11 is 0. The molecule has 0 aliphatic rings. The van der Waals surface area contributed by atoms with Crippen molar-refractivity contribution >= 4 is 93.9 Å². The topological polar surface area (TPSA) is 838 Å². The molecule has 46 nitrogen and oxygen atoms in total. The Morgan fingerprint density at radius 2 is 0.303 bits per heavy atom. The number of nitrogens with one attached hydrogen (secondary N) is 3. The summed E-state index contributed by atoms with van der Waals surface area (Å²) < 4.78 is 139. The third kappa shape index (κ3) is 75.0. The van der Waals surface area contributed by atoms with Gasteiger partial charge in [-0.15, -0.1) is 0 Å². The molecule has 0 aromatic carbocycles. The normalized spacial score (nSPS) is 12.7. The summed E-state index contributed by atoms with van der Waals surface area (Å²) in [7, 11) is -71.6. The summed E-state index contributed by atoms with van der Waals surface area (Å²) in [5.41, 5.74) is -2.41. The van der Waals surface area contributed by atoms with E-state index in [9.17, 15) is 167 Å². The van der Waals surface area contributed by atoms with Crippen LogP contribution in [0.2, 0.25) is 0 Å². The predicted octanol–water partition coefficient (Wildman–Crippen LogP) is -17.7. The Morgan fingerprint density at radius 3 is 0.364 bits per heavy atom. The van der Waals surface area contributed by atoms with Crippen LogP contribution in [0.4, 0.5) is 0 Å². The van der Waals surface area contributed by atoms with Crippen LogP contribution in [-0.4, -0.2) is 15.0 Å². The molecule has 0 amide bonds. The standard InChI is InChI=1S/C3H3N3O3.4H5O10P3.5Zr/c7-1-4-2(8)6-3(9)5-1;4*1-11(2,3)9-13(7,8)10-12(4,5)6;;;;;/h(H3,4,5,6,7,8,9);4*(H,7,8)(H2,1,2,3)(H2,4,5,6);;;;;/q;;;;;5*+4/p-20. The van der Waals surface area contributed by atoms with E-state index in [0.717, 1.165) is 0 Å². The molecule has 0 unspecified atom stereocenters. The third-order valence-corrected chi connectivity index (χ3v) is 15.1. The molecule has 1 aromatic heterocycles. The average molecular weight is 1600 g/mol. The molecule has 1 heterocycles. The fourth-order valence-electron chi connectivity index (χ4n) is 1.44. The van der Waals surface area contributed by atoms with Crippen molar-refractivity contribution in [1.82, 2.24) is 15.0 Å². The van der Waals surface area contributed by atoms with E-state index in [0.29, 0.717) is 0 Å². The quantitative estimate of drug-likeness (QED) is 0.129. The van der Waals surface area contributed by atoms with Crippen LogP contribution in [0.25, 0.3) is 0 Å². The number of rotatable bonds is 16. The third-order valence-electron chi connectivity index (χ3n) is 2.28. The first-order valence-corrected chi connectivity index (χ1v) is 28.4. The molecule has 0 saturated carbocycles. The van der Waals surface area contributed by atoms with Crippen molar-refractivity contribution in [3.05, 3.63) is 31.5 Å². The molecule has 0 radical (unpaired) electrons. The van der Waals surface area contributed by atoms with Crippen molar-refractivity contribution in [2.45, 2.75) is 0 Å². The van der Waals surface area contributed by atoms with Gasteiger partial charge in [0, 0.05) is 0 Å². The summed E-state index contributed by atoms with van der Waals surface area (Å²) in [5, 5.41) is 0. The number of hydrogen-bond acceptors (Lipinski definition) is 43. The van der Waals surface area contributed by atoms with Crippen LogP contribution in [0, 0.1) is 0 Å². The Kier molecular flexibility index (Phi) is 47.7. The monoisotopic (exact) mass is 1590 g/mol. The smallest absolute Gasteiger partial charge is 0.790 e. The van der Waals surface area contributed by atoms with Gasteiger partial charge in [-0.3, -0.25) is 67.7 Å². The number of hydrogen-bond donors (Lipinski definition) is 3. The van der Waals surface area contributed by atoms with E-state index in [1.54, 1.807) is 15.0 Å². The van der Waals surface area contributed by atoms with Crippen LogP contribution in [0.3, 0.4) is 0 Å². The molecule has 0 spiro atoms. The molecular formula is C3H3N3O43P12Zr5. The van der Waals surface area contributed by atoms with Crippen molar-refractivity contribution in [2.24, 2.45) is 0 Å². The van der Waals surface area contributed by atoms with Crippen LogP contribution in [0.5, 0.6) is 0 Å². The van der Waals surface area contributed by atoms with E-state index in [-0.39, 0.29) is 131 Å². The first kappa shape index (κ1) is 90.0. The summed E-state index contributed by atoms with van der Waals surface area (Å²) in [6.45, 7) is 0. The van der Waals surface area contributed by atoms with Crippen molar-refractivity contribution in [2.75, 3.05) is 0 Å². The molecule has 3 N–H and O–H groups in total. The minimum atomic E-state index is -5.97. The molecule has 0 aliphatic carbocycles. The van der Waals surface area contributed by atoms with Crippen molar-refractivity contribution in [3.8, 4) is 0 Å². The zero-order chi connectivity index (χ0) is 50.5. The van der Waals surface area contributed by atoms with E-state index in [4.69, 9.17) is 0 Å². The molecule has 368 valence electrons. The van der Waals surface area contributed by atoms with Crippen LogP contribution in [0.1, 0.15) is 0 Å². The SMILES string of the molecule is O=P([O-])([O-])OP(=O)([O-])OP(=O)([O-])[O-].O=P([O-])([O-])OP(=O)([O-])OP(=O)([O-])[O-].O=P([O-])([O-])OP(=O)([O-])OP(=O)([O-])[O-].O=P([O-])([O-])OP(=O)([O-])OP(=O)([O-])[O-].O=c1[nH]c(=O)[nH]c(=O)[nH]1.[Zr+4].[Zr+4].[Zr+4].[Zr+4].[Zr+4]. The first-order valence-electron chi connectivity index (χ1n) is 10.9. The van der Waals surface area contributed by atoms with Crippen LogP contribution < -0.4 is 115 Å². The molecule has 1 aromatic rings. The minimum Gasteiger partial charge on any atom is -0.790 e. The molecular weight excluding hydrogens is 1590 g/mol. The van der Waals surface area contributed by atoms with Gasteiger partial charge >= 0.3 is 148 Å². The second-order valence-corrected chi connectivity index (χ2v) is 23.3. The van der Waals surface area contributed by atoms with Gasteiger partial charge in [-0.1, -0.05) is 0 Å². The van der Waals surface area contributed by atoms with Crippen molar-refractivity contribution in [3.63, 3.8) is 0 Å². The van der Waals surface area contributed by atoms with Crippen molar-refractivity contribution in [1.29, 1.82) is 0 Å². The average Bonchev–Trinajstić information content (AvgIpc) is 2.71. The van der Waals surface area contributed by atoms with Gasteiger partial charge in [-0.2, -0.15) is 0 Å². The predicted molar refractivity (Wildman–Crippen MR) is 128 cm³/mol. The zero-order valence-corrected chi connectivity index (χ0v) is 51.4. The maximum atomic E-state index is 10.2. The Balaban J connectivity index is -0.0000000866. The Hall–Kier alpha value is 4.47. The molecule has 0 bridgehead atoms. The summed E-state index contributed by atoms with van der Waals surface area (Å²) in [6.07, 6.45) is 0. The zero-order valence-electron chi connectivity index (χ0n) is 28.4. The fraction of sp³-hybridized carbons (Fsp3) is 0. The van der Waals surface area contributed by atoms with Gasteiger partial charge in [0.2, 0.25) is 0 Å². The van der Waals surface area contributed by atoms with E-state index in [1.165, 1.54) is 0 Å². The van der Waals surface area contributed by atoms with Crippen LogP contribution in [-0.2, 0) is 220 Å². The largest absolute Gasteiger partial charge is 4.00 e. The Labute approximate surface area is 453 Å². The maximum Gasteiger partial charge on any atom is 4.00 e. The van der Waals surface area contributed by atoms with E-state index in [1.807, 2.05) is 0 Å². The first-order chi connectivity index (χ1) is 25.8. The maximum absolute atomic E-state index is 10.2. The van der Waals surface area contributed by atoms with Gasteiger partial charge in [0.05, 0.1) is 62.6 Å². The van der Waals surface area contributed by atoms with Gasteiger partial charge < -0.3 is 134 Å². The minimum absolute atomic E-state index is 0. The Morgan fingerprint density at radius 1 is 0.227 bits per heavy atom. The number of phosphoric acid groups is 12. The van der Waals surface area contributed by atoms with Crippen LogP contribution in [0.15, 0.2) is 14.4 Å². The van der Waals surface area contributed by atoms with E-state index in [2.05, 4.69) is 34.5 Å². The molecule has 0 atom stereocenters. The van der Waals surface area contributed by atoms with E-state index >= 15 is 0 Å². The molecule has 0 aliphatic heterocycles. The molecule has 63 heteroatoms. The molecule has 66 heavy (non-hydrogen) atoms. The summed E-state index contributed by atoms with van der Waals surface area (Å²) in [4.78, 5) is 230. The summed E-state index contributed by atoms with van der Waals surface area (Å²) in [6, 6.07) is 0. The number of H-pyrrole nitrogens is 3. The number of aromatic nitrogens is 3. The van der Waals surface area contributed by atoms with E-state index < -0.39 is 111 Å². The van der Waals surface area contributed by atoms with Gasteiger partial charge in [0.1, 0.15) is 0 Å². The second kappa shape index (κ2) is 35.0. The fourth-order valence-corrected chi connectivity index (χ4v) is 10.8. The summed E-state index contributed by atoms with van der Waals surface area (Å²) in [5.74, 6) is 0. The van der Waals surface area contributed by atoms with Gasteiger partial charge in [0.15, 0.2) is 0 Å². The van der Waals surface area contributed by atoms with Gasteiger partial charge in [-0.25, -0.2) is 14.4 Å². The van der Waals surface area contributed by atoms with Crippen LogP contribution >= 0.6 is 93.9 Å². The molecule has 0 saturated heterocycles. The van der Waals surface area contributed by atoms with Gasteiger partial charge in [-0.05, 0) is 0 Å². The van der Waals surface area contributed by atoms with Gasteiger partial charge in [0.25, 0.3) is 31.3 Å². The number of aromatic amines is 3. The molecule has 0 fully saturated rings. The molecule has 1 rings (SSSR count).